The van der Waals surface area contributed by atoms with Gasteiger partial charge in [-0.25, -0.2) is 18.4 Å². The van der Waals surface area contributed by atoms with Crippen molar-refractivity contribution in [1.82, 2.24) is 14.8 Å². The Kier molecular flexibility index (Phi) is 7.23. The van der Waals surface area contributed by atoms with Gasteiger partial charge >= 0.3 is 6.18 Å². The van der Waals surface area contributed by atoms with Gasteiger partial charge in [-0.05, 0) is 25.1 Å². The first kappa shape index (κ1) is 24.8. The molecule has 3 rings (SSSR count). The molecule has 176 valence electrons. The van der Waals surface area contributed by atoms with Gasteiger partial charge < -0.3 is 5.11 Å². The Balaban J connectivity index is 1.85. The highest BCUT2D eigenvalue weighted by molar-refractivity contribution is 8.01. The number of nitrogens with zero attached hydrogens (tertiary/aromatic N) is 3. The molecule has 0 radical (unpaired) electrons. The van der Waals surface area contributed by atoms with E-state index < -0.39 is 45.3 Å². The van der Waals surface area contributed by atoms with E-state index in [2.05, 4.69) is 10.1 Å². The van der Waals surface area contributed by atoms with Crippen LogP contribution >= 0.6 is 11.8 Å². The van der Waals surface area contributed by atoms with Crippen molar-refractivity contribution in [1.29, 1.82) is 0 Å². The Morgan fingerprint density at radius 2 is 1.79 bits per heavy atom. The molecule has 0 saturated heterocycles. The molecule has 0 saturated carbocycles. The monoisotopic (exact) mass is 485 g/mol. The third kappa shape index (κ3) is 5.59. The number of benzene rings is 2. The summed E-state index contributed by atoms with van der Waals surface area (Å²) >= 11 is 1.01. The molecular formula is C22H20F5N3O2S. The molecule has 3 atom stereocenters. The Labute approximate surface area is 190 Å². The minimum Gasteiger partial charge on any atom is -0.382 e. The van der Waals surface area contributed by atoms with Gasteiger partial charge in [0.1, 0.15) is 29.9 Å². The molecule has 0 aliphatic rings. The minimum atomic E-state index is -4.52. The highest BCUT2D eigenvalue weighted by Gasteiger charge is 2.41. The number of carbonyl (C=O) groups excluding carboxylic acids is 1. The number of aromatic nitrogens is 3. The van der Waals surface area contributed by atoms with Crippen LogP contribution < -0.4 is 0 Å². The summed E-state index contributed by atoms with van der Waals surface area (Å²) in [5.74, 6) is -2.24. The molecule has 0 fully saturated rings. The van der Waals surface area contributed by atoms with E-state index in [4.69, 9.17) is 0 Å². The number of Topliss-reactive ketones (excluding diaryl/α,β-unsaturated/α-hetero) is 1. The first-order chi connectivity index (χ1) is 15.4. The average molecular weight is 485 g/mol. The molecule has 2 aromatic carbocycles. The van der Waals surface area contributed by atoms with Crippen LogP contribution in [0.25, 0.3) is 0 Å². The van der Waals surface area contributed by atoms with Crippen LogP contribution in [0.4, 0.5) is 22.0 Å². The molecule has 1 N–H and O–H groups in total. The van der Waals surface area contributed by atoms with Crippen LogP contribution in [0.1, 0.15) is 35.3 Å². The zero-order chi connectivity index (χ0) is 24.4. The van der Waals surface area contributed by atoms with Crippen molar-refractivity contribution in [2.75, 3.05) is 0 Å². The number of thioether (sulfide) groups is 1. The zero-order valence-corrected chi connectivity index (χ0v) is 18.4. The fraction of sp³-hybridized carbons (Fsp3) is 0.318. The topological polar surface area (TPSA) is 68.0 Å². The second-order valence-electron chi connectivity index (χ2n) is 7.50. The number of aliphatic hydroxyl groups is 1. The lowest BCUT2D eigenvalue weighted by molar-refractivity contribution is -0.137. The summed E-state index contributed by atoms with van der Waals surface area (Å²) in [6, 6.07) is 6.62. The van der Waals surface area contributed by atoms with Crippen LogP contribution in [0.2, 0.25) is 0 Å². The number of hydrogen-bond donors (Lipinski definition) is 1. The Morgan fingerprint density at radius 3 is 2.33 bits per heavy atom. The number of rotatable bonds is 8. The first-order valence-electron chi connectivity index (χ1n) is 9.79. The van der Waals surface area contributed by atoms with Gasteiger partial charge in [-0.15, -0.1) is 11.8 Å². The lowest BCUT2D eigenvalue weighted by Crippen LogP contribution is -2.42. The Bertz CT molecular complexity index is 1110. The molecular weight excluding hydrogens is 465 g/mol. The van der Waals surface area contributed by atoms with Gasteiger partial charge in [-0.2, -0.15) is 18.3 Å². The van der Waals surface area contributed by atoms with Crippen molar-refractivity contribution >= 4 is 17.5 Å². The van der Waals surface area contributed by atoms with Crippen LogP contribution in [-0.4, -0.2) is 36.2 Å². The van der Waals surface area contributed by atoms with Gasteiger partial charge in [0.2, 0.25) is 0 Å². The summed E-state index contributed by atoms with van der Waals surface area (Å²) in [5, 5.41) is 13.8. The van der Waals surface area contributed by atoms with E-state index >= 15 is 0 Å². The maximum Gasteiger partial charge on any atom is 0.416 e. The van der Waals surface area contributed by atoms with Crippen LogP contribution in [0.5, 0.6) is 0 Å². The molecule has 0 bridgehead atoms. The largest absolute Gasteiger partial charge is 0.416 e. The smallest absolute Gasteiger partial charge is 0.382 e. The fourth-order valence-electron chi connectivity index (χ4n) is 3.37. The van der Waals surface area contributed by atoms with E-state index in [1.165, 1.54) is 24.3 Å². The van der Waals surface area contributed by atoms with E-state index in [0.29, 0.717) is 6.07 Å². The number of halogens is 5. The van der Waals surface area contributed by atoms with Gasteiger partial charge in [0.15, 0.2) is 5.78 Å². The molecule has 0 amide bonds. The first-order valence-corrected chi connectivity index (χ1v) is 10.7. The maximum atomic E-state index is 14.6. The summed E-state index contributed by atoms with van der Waals surface area (Å²) in [4.78, 5) is 16.6. The molecule has 1 aromatic heterocycles. The lowest BCUT2D eigenvalue weighted by Gasteiger charge is -2.35. The molecule has 1 unspecified atom stereocenters. The minimum absolute atomic E-state index is 0.0722. The fourth-order valence-corrected chi connectivity index (χ4v) is 4.67. The number of carbonyl (C=O) groups is 1. The summed E-state index contributed by atoms with van der Waals surface area (Å²) in [7, 11) is 0. The van der Waals surface area contributed by atoms with Crippen LogP contribution in [-0.2, 0) is 18.3 Å². The molecule has 3 aromatic rings. The molecule has 0 aliphatic carbocycles. The predicted molar refractivity (Wildman–Crippen MR) is 113 cm³/mol. The van der Waals surface area contributed by atoms with Crippen molar-refractivity contribution in [3.63, 3.8) is 0 Å². The predicted octanol–water partition coefficient (Wildman–Crippen LogP) is 4.86. The van der Waals surface area contributed by atoms with E-state index in [1.54, 1.807) is 6.92 Å². The van der Waals surface area contributed by atoms with Gasteiger partial charge in [0.05, 0.1) is 17.4 Å². The summed E-state index contributed by atoms with van der Waals surface area (Å²) in [6.07, 6.45) is -1.97. The summed E-state index contributed by atoms with van der Waals surface area (Å²) in [6.45, 7) is 2.88. The highest BCUT2D eigenvalue weighted by Crippen LogP contribution is 2.38. The molecule has 33 heavy (non-hydrogen) atoms. The third-order valence-corrected chi connectivity index (χ3v) is 6.63. The van der Waals surface area contributed by atoms with Crippen LogP contribution in [0.15, 0.2) is 55.1 Å². The van der Waals surface area contributed by atoms with Crippen LogP contribution in [0, 0.1) is 11.6 Å². The molecule has 1 heterocycles. The number of hydrogen-bond acceptors (Lipinski definition) is 5. The van der Waals surface area contributed by atoms with Gasteiger partial charge in [-0.1, -0.05) is 25.1 Å². The second kappa shape index (κ2) is 9.60. The van der Waals surface area contributed by atoms with E-state index in [-0.39, 0.29) is 17.7 Å². The van der Waals surface area contributed by atoms with Crippen molar-refractivity contribution < 1.29 is 31.9 Å². The second-order valence-corrected chi connectivity index (χ2v) is 9.19. The van der Waals surface area contributed by atoms with Crippen molar-refractivity contribution in [2.24, 2.45) is 0 Å². The molecule has 11 heteroatoms. The number of alkyl halides is 3. The number of ketones is 1. The quantitative estimate of drug-likeness (QED) is 0.365. The molecule has 0 aliphatic heterocycles. The Hall–Kier alpha value is -2.79. The molecule has 5 nitrogen and oxygen atoms in total. The van der Waals surface area contributed by atoms with Gasteiger partial charge in [0, 0.05) is 22.4 Å². The normalized spacial score (nSPS) is 15.6. The van der Waals surface area contributed by atoms with Gasteiger partial charge in [-0.3, -0.25) is 4.79 Å². The highest BCUT2D eigenvalue weighted by atomic mass is 32.2. The zero-order valence-electron chi connectivity index (χ0n) is 17.6. The van der Waals surface area contributed by atoms with E-state index in [0.717, 1.165) is 48.2 Å². The van der Waals surface area contributed by atoms with Crippen molar-refractivity contribution in [3.8, 4) is 0 Å². The summed E-state index contributed by atoms with van der Waals surface area (Å²) in [5.41, 5.74) is -2.90. The van der Waals surface area contributed by atoms with E-state index in [9.17, 15) is 31.9 Å². The SMILES string of the molecule is CC(S[C@H](C)[C@](O)(Cn1cncn1)c1ccc(F)cc1F)C(=O)c1ccc(C(F)(F)F)cc1. The van der Waals surface area contributed by atoms with E-state index in [1.807, 2.05) is 0 Å². The standard InChI is InChI=1S/C22H20F5N3O2S/c1-13(20(31)15-3-5-16(6-4-15)22(25,26)27)33-14(2)21(32,10-30-12-28-11-29-30)18-8-7-17(23)9-19(18)24/h3-9,11-14,32H,10H2,1-2H3/t13?,14-,21-/m1/s1. The summed E-state index contributed by atoms with van der Waals surface area (Å²) < 4.78 is 67.7. The van der Waals surface area contributed by atoms with Crippen LogP contribution in [0.3, 0.4) is 0 Å². The van der Waals surface area contributed by atoms with Gasteiger partial charge in [0.25, 0.3) is 0 Å². The van der Waals surface area contributed by atoms with Crippen molar-refractivity contribution in [3.05, 3.63) is 83.4 Å². The average Bonchev–Trinajstić information content (AvgIpc) is 3.25. The third-order valence-electron chi connectivity index (χ3n) is 5.21. The molecule has 0 spiro atoms. The Morgan fingerprint density at radius 1 is 1.12 bits per heavy atom. The lowest BCUT2D eigenvalue weighted by atomic mass is 9.90. The maximum absolute atomic E-state index is 14.6. The van der Waals surface area contributed by atoms with Crippen molar-refractivity contribution in [2.45, 2.75) is 42.7 Å².